The number of likely N-dealkylation sites (tertiary alicyclic amines) is 1. The monoisotopic (exact) mass is 521 g/mol. The van der Waals surface area contributed by atoms with Crippen LogP contribution in [0, 0.1) is 17.6 Å². The van der Waals surface area contributed by atoms with E-state index in [1.807, 2.05) is 36.1 Å². The molecule has 0 bridgehead atoms. The van der Waals surface area contributed by atoms with Gasteiger partial charge in [-0.25, -0.2) is 17.6 Å². The van der Waals surface area contributed by atoms with Gasteiger partial charge in [-0.05, 0) is 49.1 Å². The van der Waals surface area contributed by atoms with E-state index in [0.717, 1.165) is 28.6 Å². The Morgan fingerprint density at radius 3 is 2.49 bits per heavy atom. The molecule has 2 aliphatic rings. The topological polar surface area (TPSA) is 42.5 Å². The fourth-order valence-corrected chi connectivity index (χ4v) is 5.96. The smallest absolute Gasteiger partial charge is 0.141 e. The molecule has 4 nitrogen and oxygen atoms in total. The number of hydrogen-bond acceptors (Lipinski definition) is 3. The molecule has 3 heterocycles. The summed E-state index contributed by atoms with van der Waals surface area (Å²) < 4.78 is 71.4. The lowest BCUT2D eigenvalue weighted by Crippen LogP contribution is -2.49. The zero-order valence-corrected chi connectivity index (χ0v) is 20.7. The number of alkyl halides is 3. The summed E-state index contributed by atoms with van der Waals surface area (Å²) in [6.45, 7) is 1.58. The number of nitrogens with one attached hydrogen (secondary N) is 1. The van der Waals surface area contributed by atoms with Crippen molar-refractivity contribution in [3.05, 3.63) is 70.4 Å². The number of aromatic nitrogens is 1. The third-order valence-corrected chi connectivity index (χ3v) is 7.85. The summed E-state index contributed by atoms with van der Waals surface area (Å²) in [5.74, 6) is -1.88. The van der Waals surface area contributed by atoms with Crippen molar-refractivity contribution in [1.82, 2.24) is 14.8 Å². The molecule has 0 spiro atoms. The van der Waals surface area contributed by atoms with Crippen molar-refractivity contribution in [3.63, 3.8) is 0 Å². The van der Waals surface area contributed by atoms with Crippen LogP contribution in [0.4, 0.5) is 22.0 Å². The van der Waals surface area contributed by atoms with E-state index in [1.54, 1.807) is 4.90 Å². The fourth-order valence-electron chi connectivity index (χ4n) is 5.96. The lowest BCUT2D eigenvalue weighted by atomic mass is 9.85. The Bertz CT molecular complexity index is 1220. The van der Waals surface area contributed by atoms with Gasteiger partial charge in [-0.3, -0.25) is 9.29 Å². The van der Waals surface area contributed by atoms with Gasteiger partial charge in [0.15, 0.2) is 0 Å². The molecule has 2 aromatic carbocycles. The van der Waals surface area contributed by atoms with Crippen LogP contribution in [0.15, 0.2) is 36.4 Å². The van der Waals surface area contributed by atoms with Crippen LogP contribution in [0.2, 0.25) is 0 Å². The number of fused-ring (bicyclic) bond motifs is 3. The maximum atomic E-state index is 15.7. The van der Waals surface area contributed by atoms with E-state index in [2.05, 4.69) is 4.98 Å². The lowest BCUT2D eigenvalue weighted by Gasteiger charge is -2.42. The molecule has 2 aliphatic heterocycles. The van der Waals surface area contributed by atoms with Crippen LogP contribution in [0.1, 0.15) is 47.9 Å². The predicted molar refractivity (Wildman–Crippen MR) is 133 cm³/mol. The first-order valence-corrected chi connectivity index (χ1v) is 12.8. The van der Waals surface area contributed by atoms with Gasteiger partial charge in [-0.1, -0.05) is 18.2 Å². The molecule has 5 rings (SSSR count). The Balaban J connectivity index is 1.51. The maximum absolute atomic E-state index is 15.7. The minimum atomic E-state index is -1.79. The summed E-state index contributed by atoms with van der Waals surface area (Å²) in [5.41, 5.74) is 2.17. The number of aliphatic hydroxyl groups excluding tert-OH is 1. The molecule has 1 fully saturated rings. The summed E-state index contributed by atoms with van der Waals surface area (Å²) in [6.07, 6.45) is -1.92. The van der Waals surface area contributed by atoms with Crippen LogP contribution < -0.4 is 0 Å². The van der Waals surface area contributed by atoms with Crippen molar-refractivity contribution in [2.45, 2.75) is 44.1 Å². The van der Waals surface area contributed by atoms with Crippen molar-refractivity contribution in [2.75, 3.05) is 39.5 Å². The molecule has 200 valence electrons. The van der Waals surface area contributed by atoms with Gasteiger partial charge < -0.3 is 15.0 Å². The van der Waals surface area contributed by atoms with Crippen LogP contribution in [-0.4, -0.2) is 71.6 Å². The number of aliphatic hydroxyl groups is 1. The molecule has 37 heavy (non-hydrogen) atoms. The highest BCUT2D eigenvalue weighted by molar-refractivity contribution is 5.85. The normalized spacial score (nSPS) is 22.7. The van der Waals surface area contributed by atoms with E-state index in [0.29, 0.717) is 38.2 Å². The third kappa shape index (κ3) is 4.89. The molecule has 2 N–H and O–H groups in total. The molecule has 4 atom stereocenters. The molecule has 0 saturated carbocycles. The number of benzene rings is 2. The van der Waals surface area contributed by atoms with Crippen molar-refractivity contribution < 1.29 is 27.1 Å². The Morgan fingerprint density at radius 2 is 1.81 bits per heavy atom. The molecule has 9 heteroatoms. The predicted octanol–water partition coefficient (Wildman–Crippen LogP) is 5.41. The first kappa shape index (κ1) is 26.1. The largest absolute Gasteiger partial charge is 0.388 e. The van der Waals surface area contributed by atoms with Gasteiger partial charge in [-0.2, -0.15) is 0 Å². The number of nitrogens with zero attached hydrogens (tertiary/aromatic N) is 2. The highest BCUT2D eigenvalue weighted by atomic mass is 19.2. The molecular formula is C28H32F5N3O. The zero-order chi connectivity index (χ0) is 26.3. The molecule has 3 aromatic rings. The van der Waals surface area contributed by atoms with Crippen molar-refractivity contribution in [1.29, 1.82) is 0 Å². The number of halogens is 5. The molecule has 0 aliphatic carbocycles. The van der Waals surface area contributed by atoms with E-state index < -0.39 is 43.3 Å². The Hall–Kier alpha value is -2.49. The first-order chi connectivity index (χ1) is 17.8. The average molecular weight is 522 g/mol. The summed E-state index contributed by atoms with van der Waals surface area (Å²) in [5, 5.41) is 11.7. The number of H-pyrrole nitrogens is 1. The van der Waals surface area contributed by atoms with Crippen LogP contribution >= 0.6 is 0 Å². The highest BCUT2D eigenvalue weighted by Gasteiger charge is 2.40. The molecular weight excluding hydrogens is 489 g/mol. The minimum absolute atomic E-state index is 0.133. The maximum Gasteiger partial charge on any atom is 0.141 e. The van der Waals surface area contributed by atoms with Crippen LogP contribution in [0.25, 0.3) is 10.9 Å². The van der Waals surface area contributed by atoms with Gasteiger partial charge in [0.2, 0.25) is 0 Å². The Labute approximate surface area is 213 Å². The minimum Gasteiger partial charge on any atom is -0.388 e. The Morgan fingerprint density at radius 1 is 1.11 bits per heavy atom. The standard InChI is InChI=1S/C28H32F5N3O/c1-16-9-21-20-5-2-3-6-24(20)34-26(21)27(36(16)15-19(31)12-30)25-22(32)10-17(11-23(25)33)28(37)18-13-35(14-18)8-4-7-29/h2-3,5-6,10-11,16,18-19,27-28,34,37H,4,7-9,12-15H2,1H3/t16-,19-,27?,28+/m1/s1. The van der Waals surface area contributed by atoms with E-state index in [4.69, 9.17) is 0 Å². The highest BCUT2D eigenvalue weighted by Crippen LogP contribution is 2.43. The molecule has 0 radical (unpaired) electrons. The second kappa shape index (κ2) is 10.7. The van der Waals surface area contributed by atoms with Gasteiger partial charge in [0.05, 0.1) is 18.8 Å². The first-order valence-electron chi connectivity index (χ1n) is 12.8. The molecule has 1 saturated heterocycles. The SMILES string of the molecule is C[C@@H]1Cc2c([nH]c3ccccc23)C(c2c(F)cc([C@H](O)C3CN(CCCF)C3)cc2F)N1C[C@H](F)CF. The van der Waals surface area contributed by atoms with Gasteiger partial charge in [0.25, 0.3) is 0 Å². The zero-order valence-electron chi connectivity index (χ0n) is 20.7. The molecule has 0 amide bonds. The van der Waals surface area contributed by atoms with Crippen molar-refractivity contribution in [3.8, 4) is 0 Å². The van der Waals surface area contributed by atoms with Crippen LogP contribution in [-0.2, 0) is 6.42 Å². The lowest BCUT2D eigenvalue weighted by molar-refractivity contribution is -0.00641. The van der Waals surface area contributed by atoms with E-state index in [9.17, 15) is 18.3 Å². The second-order valence-electron chi connectivity index (χ2n) is 10.4. The van der Waals surface area contributed by atoms with Gasteiger partial charge >= 0.3 is 0 Å². The molecule has 1 unspecified atom stereocenters. The van der Waals surface area contributed by atoms with Gasteiger partial charge in [-0.15, -0.1) is 0 Å². The van der Waals surface area contributed by atoms with Crippen LogP contribution in [0.3, 0.4) is 0 Å². The van der Waals surface area contributed by atoms with Crippen molar-refractivity contribution in [2.24, 2.45) is 5.92 Å². The third-order valence-electron chi connectivity index (χ3n) is 7.85. The quantitative estimate of drug-likeness (QED) is 0.370. The Kier molecular flexibility index (Phi) is 7.56. The number of hydrogen-bond donors (Lipinski definition) is 2. The summed E-state index contributed by atoms with van der Waals surface area (Å²) >= 11 is 0. The van der Waals surface area contributed by atoms with Gasteiger partial charge in [0.1, 0.15) is 24.5 Å². The summed E-state index contributed by atoms with van der Waals surface area (Å²) in [7, 11) is 0. The van der Waals surface area contributed by atoms with E-state index >= 15 is 8.78 Å². The van der Waals surface area contributed by atoms with Gasteiger partial charge in [0, 0.05) is 60.3 Å². The van der Waals surface area contributed by atoms with Crippen molar-refractivity contribution >= 4 is 10.9 Å². The van der Waals surface area contributed by atoms with Crippen LogP contribution in [0.5, 0.6) is 0 Å². The summed E-state index contributed by atoms with van der Waals surface area (Å²) in [6, 6.07) is 8.58. The summed E-state index contributed by atoms with van der Waals surface area (Å²) in [4.78, 5) is 6.89. The number of para-hydroxylation sites is 1. The molecule has 1 aromatic heterocycles. The fraction of sp³-hybridized carbons (Fsp3) is 0.500. The average Bonchev–Trinajstić information content (AvgIpc) is 3.22. The van der Waals surface area contributed by atoms with E-state index in [1.165, 1.54) is 0 Å². The van der Waals surface area contributed by atoms with E-state index in [-0.39, 0.29) is 29.6 Å². The number of rotatable bonds is 9. The number of aromatic amines is 1. The second-order valence-corrected chi connectivity index (χ2v) is 10.4.